The molecule has 0 saturated carbocycles. The molecule has 2 saturated heterocycles. The van der Waals surface area contributed by atoms with Gasteiger partial charge in [-0.05, 0) is 18.9 Å². The third-order valence-electron chi connectivity index (χ3n) is 4.92. The maximum Gasteiger partial charge on any atom is 0.351 e. The normalized spacial score (nSPS) is 29.9. The largest absolute Gasteiger partial charge is 0.394 e. The second kappa shape index (κ2) is 8.32. The van der Waals surface area contributed by atoms with Crippen LogP contribution in [0, 0.1) is 0 Å². The molecule has 6 N–H and O–H groups in total. The number of ether oxygens (including phenoxy) is 1. The zero-order chi connectivity index (χ0) is 20.4. The van der Waals surface area contributed by atoms with E-state index in [0.29, 0.717) is 19.4 Å². The number of nitrogens with one attached hydrogen (secondary N) is 1. The Balaban J connectivity index is 1.72. The highest BCUT2D eigenvalue weighted by Gasteiger charge is 2.43. The Morgan fingerprint density at radius 1 is 1.36 bits per heavy atom. The molecule has 1 aromatic heterocycles. The fourth-order valence-corrected chi connectivity index (χ4v) is 3.45. The molecule has 3 heterocycles. The highest BCUT2D eigenvalue weighted by atomic mass is 16.6. The summed E-state index contributed by atoms with van der Waals surface area (Å²) in [5, 5.41) is 31.4. The highest BCUT2D eigenvalue weighted by Crippen LogP contribution is 2.28. The van der Waals surface area contributed by atoms with E-state index in [9.17, 15) is 24.6 Å². The number of aromatic nitrogens is 2. The summed E-state index contributed by atoms with van der Waals surface area (Å²) >= 11 is 0. The van der Waals surface area contributed by atoms with E-state index >= 15 is 0 Å². The van der Waals surface area contributed by atoms with Crippen LogP contribution in [0.4, 0.5) is 5.82 Å². The Bertz CT molecular complexity index is 800. The molecule has 0 spiro atoms. The standard InChI is InChI=1S/C16H23N5O7/c17-6-11(23)20-4-1-2-8(20)14(26)18-10-3-5-21(16(27)19-10)15-13(25)12(24)9(7-22)28-15/h3,5,8-9,12-13,15,22,24-25H,1-2,4,6-7,17H2,(H,18,19,26,27). The van der Waals surface area contributed by atoms with Crippen LogP contribution in [0.5, 0.6) is 0 Å². The van der Waals surface area contributed by atoms with Gasteiger partial charge in [0.25, 0.3) is 0 Å². The van der Waals surface area contributed by atoms with Gasteiger partial charge in [0.1, 0.15) is 30.2 Å². The Labute approximate surface area is 159 Å². The number of amides is 2. The van der Waals surface area contributed by atoms with Crippen molar-refractivity contribution in [2.45, 2.75) is 43.4 Å². The minimum Gasteiger partial charge on any atom is -0.394 e. The number of carbonyl (C=O) groups excluding carboxylic acids is 2. The lowest BCUT2D eigenvalue weighted by Gasteiger charge is -2.23. The molecule has 28 heavy (non-hydrogen) atoms. The van der Waals surface area contributed by atoms with Crippen LogP contribution in [0.3, 0.4) is 0 Å². The first-order chi connectivity index (χ1) is 13.4. The summed E-state index contributed by atoms with van der Waals surface area (Å²) in [5.41, 5.74) is 4.53. The SMILES string of the molecule is NCC(=O)N1CCCC1C(=O)Nc1ccn(C2OC(CO)C(O)C2O)c(=O)n1. The fourth-order valence-electron chi connectivity index (χ4n) is 3.45. The quantitative estimate of drug-likeness (QED) is 0.341. The maximum absolute atomic E-state index is 12.5. The van der Waals surface area contributed by atoms with Crippen molar-refractivity contribution < 1.29 is 29.6 Å². The molecule has 3 rings (SSSR count). The number of nitrogens with zero attached hydrogens (tertiary/aromatic N) is 3. The molecule has 154 valence electrons. The van der Waals surface area contributed by atoms with E-state index in [0.717, 1.165) is 4.57 Å². The van der Waals surface area contributed by atoms with Gasteiger partial charge in [-0.2, -0.15) is 4.98 Å². The molecular weight excluding hydrogens is 374 g/mol. The molecule has 2 fully saturated rings. The lowest BCUT2D eigenvalue weighted by molar-refractivity contribution is -0.135. The number of hydrogen-bond donors (Lipinski definition) is 5. The van der Waals surface area contributed by atoms with E-state index < -0.39 is 48.8 Å². The number of aliphatic hydroxyl groups excluding tert-OH is 3. The first kappa shape index (κ1) is 20.4. The average Bonchev–Trinajstić information content (AvgIpc) is 3.27. The summed E-state index contributed by atoms with van der Waals surface area (Å²) in [4.78, 5) is 41.7. The van der Waals surface area contributed by atoms with E-state index in [4.69, 9.17) is 15.6 Å². The van der Waals surface area contributed by atoms with Gasteiger partial charge in [0, 0.05) is 12.7 Å². The van der Waals surface area contributed by atoms with E-state index in [2.05, 4.69) is 10.3 Å². The van der Waals surface area contributed by atoms with Crippen molar-refractivity contribution >= 4 is 17.6 Å². The van der Waals surface area contributed by atoms with E-state index in [-0.39, 0.29) is 18.3 Å². The van der Waals surface area contributed by atoms with Crippen LogP contribution in [-0.2, 0) is 14.3 Å². The molecule has 5 atom stereocenters. The third kappa shape index (κ3) is 3.77. The molecule has 0 radical (unpaired) electrons. The van der Waals surface area contributed by atoms with Crippen molar-refractivity contribution in [2.24, 2.45) is 5.73 Å². The van der Waals surface area contributed by atoms with Gasteiger partial charge in [0.15, 0.2) is 6.23 Å². The summed E-state index contributed by atoms with van der Waals surface area (Å²) in [6, 6.07) is 0.652. The molecular formula is C16H23N5O7. The van der Waals surface area contributed by atoms with Crippen LogP contribution in [-0.4, -0.2) is 85.6 Å². The Kier molecular flexibility index (Phi) is 6.05. The molecule has 1 aromatic rings. The first-order valence-electron chi connectivity index (χ1n) is 8.89. The molecule has 0 bridgehead atoms. The molecule has 5 unspecified atom stereocenters. The van der Waals surface area contributed by atoms with Crippen molar-refractivity contribution in [3.63, 3.8) is 0 Å². The number of rotatable bonds is 5. The predicted octanol–water partition coefficient (Wildman–Crippen LogP) is -3.26. The first-order valence-corrected chi connectivity index (χ1v) is 8.89. The van der Waals surface area contributed by atoms with Crippen molar-refractivity contribution in [3.8, 4) is 0 Å². The zero-order valence-electron chi connectivity index (χ0n) is 15.0. The van der Waals surface area contributed by atoms with E-state index in [1.54, 1.807) is 0 Å². The van der Waals surface area contributed by atoms with Gasteiger partial charge in [0.05, 0.1) is 13.2 Å². The van der Waals surface area contributed by atoms with E-state index in [1.165, 1.54) is 17.2 Å². The predicted molar refractivity (Wildman–Crippen MR) is 93.9 cm³/mol. The lowest BCUT2D eigenvalue weighted by atomic mass is 10.1. The average molecular weight is 397 g/mol. The molecule has 2 aliphatic heterocycles. The van der Waals surface area contributed by atoms with Gasteiger partial charge in [-0.15, -0.1) is 0 Å². The minimum atomic E-state index is -1.42. The van der Waals surface area contributed by atoms with Gasteiger partial charge < -0.3 is 36.0 Å². The smallest absolute Gasteiger partial charge is 0.351 e. The van der Waals surface area contributed by atoms with Crippen molar-refractivity contribution in [3.05, 3.63) is 22.7 Å². The molecule has 0 aliphatic carbocycles. The van der Waals surface area contributed by atoms with Crippen LogP contribution in [0.25, 0.3) is 0 Å². The Morgan fingerprint density at radius 3 is 2.71 bits per heavy atom. The fraction of sp³-hybridized carbons (Fsp3) is 0.625. The number of likely N-dealkylation sites (tertiary alicyclic amines) is 1. The molecule has 2 amide bonds. The summed E-state index contributed by atoms with van der Waals surface area (Å²) in [5.74, 6) is -0.827. The summed E-state index contributed by atoms with van der Waals surface area (Å²) in [6.07, 6.45) is -2.62. The van der Waals surface area contributed by atoms with Gasteiger partial charge in [0.2, 0.25) is 11.8 Å². The summed E-state index contributed by atoms with van der Waals surface area (Å²) in [7, 11) is 0. The van der Waals surface area contributed by atoms with Crippen LogP contribution in [0.2, 0.25) is 0 Å². The van der Waals surface area contributed by atoms with Gasteiger partial charge in [-0.1, -0.05) is 0 Å². The van der Waals surface area contributed by atoms with Crippen LogP contribution in [0.15, 0.2) is 17.1 Å². The van der Waals surface area contributed by atoms with Gasteiger partial charge in [-0.3, -0.25) is 14.2 Å². The van der Waals surface area contributed by atoms with Crippen LogP contribution in [0.1, 0.15) is 19.1 Å². The lowest BCUT2D eigenvalue weighted by Crippen LogP contribution is -2.45. The number of aliphatic hydroxyl groups is 3. The molecule has 12 heteroatoms. The number of carbonyl (C=O) groups is 2. The molecule has 12 nitrogen and oxygen atoms in total. The van der Waals surface area contributed by atoms with Crippen LogP contribution < -0.4 is 16.7 Å². The van der Waals surface area contributed by atoms with E-state index in [1.807, 2.05) is 0 Å². The van der Waals surface area contributed by atoms with Gasteiger partial charge in [-0.25, -0.2) is 4.79 Å². The summed E-state index contributed by atoms with van der Waals surface area (Å²) < 4.78 is 6.24. The summed E-state index contributed by atoms with van der Waals surface area (Å²) in [6.45, 7) is -0.276. The second-order valence-electron chi connectivity index (χ2n) is 6.67. The van der Waals surface area contributed by atoms with Crippen LogP contribution >= 0.6 is 0 Å². The zero-order valence-corrected chi connectivity index (χ0v) is 15.0. The van der Waals surface area contributed by atoms with Gasteiger partial charge >= 0.3 is 5.69 Å². The second-order valence-corrected chi connectivity index (χ2v) is 6.67. The van der Waals surface area contributed by atoms with Crippen molar-refractivity contribution in [1.82, 2.24) is 14.5 Å². The van der Waals surface area contributed by atoms with Crippen molar-refractivity contribution in [1.29, 1.82) is 0 Å². The Morgan fingerprint density at radius 2 is 2.11 bits per heavy atom. The third-order valence-corrected chi connectivity index (χ3v) is 4.92. The molecule has 2 aliphatic rings. The van der Waals surface area contributed by atoms with Crippen molar-refractivity contribution in [2.75, 3.05) is 25.0 Å². The minimum absolute atomic E-state index is 0.0231. The molecule has 0 aromatic carbocycles. The monoisotopic (exact) mass is 397 g/mol. The number of anilines is 1. The maximum atomic E-state index is 12.5. The topological polar surface area (TPSA) is 180 Å². The number of nitrogens with two attached hydrogens (primary N) is 1. The highest BCUT2D eigenvalue weighted by molar-refractivity contribution is 5.97. The number of hydrogen-bond acceptors (Lipinski definition) is 9. The Hall–Kier alpha value is -2.38.